The first-order valence-corrected chi connectivity index (χ1v) is 5.20. The second-order valence-electron chi connectivity index (χ2n) is 3.85. The molecule has 30 heavy (non-hydrogen) atoms. The third-order valence-corrected chi connectivity index (χ3v) is 2.73. The van der Waals surface area contributed by atoms with Crippen LogP contribution in [0.15, 0.2) is 35.5 Å². The summed E-state index contributed by atoms with van der Waals surface area (Å²) in [5.74, 6) is -2.84. The summed E-state index contributed by atoms with van der Waals surface area (Å²) in [6.07, 6.45) is 3.88. The molecule has 188 valence electrons. The van der Waals surface area contributed by atoms with Crippen molar-refractivity contribution < 1.29 is 85.5 Å². The molecule has 0 atom stereocenters. The van der Waals surface area contributed by atoms with E-state index in [-0.39, 0.29) is 72.1 Å². The number of aromatic nitrogens is 1. The van der Waals surface area contributed by atoms with Crippen molar-refractivity contribution in [3.8, 4) is 0 Å². The van der Waals surface area contributed by atoms with Crippen molar-refractivity contribution >= 4 is 23.9 Å². The molecule has 26 N–H and O–H groups in total. The Morgan fingerprint density at radius 3 is 1.47 bits per heavy atom. The fraction of sp³-hybridized carbons (Fsp3) is 0.167. The van der Waals surface area contributed by atoms with E-state index in [9.17, 15) is 9.59 Å². The van der Waals surface area contributed by atoms with Crippen LogP contribution in [0.4, 0.5) is 0 Å². The molecular weight excluding hydrogens is 428 g/mol. The highest BCUT2D eigenvalue weighted by Gasteiger charge is 2.45. The molecule has 1 aromatic heterocycles. The SMILES string of the molecule is O.O.O.O.O.O.O.O.O.O.O.O.O=C(O)C1(C(=O)O)C=NC(c2ccccn2)=CC1. The predicted octanol–water partition coefficient (Wildman–Crippen LogP) is -8.84. The average molecular weight is 462 g/mol. The van der Waals surface area contributed by atoms with E-state index in [0.717, 1.165) is 6.21 Å². The minimum atomic E-state index is -1.97. The second kappa shape index (κ2) is 28.2. The van der Waals surface area contributed by atoms with Crippen LogP contribution in [-0.2, 0) is 9.59 Å². The second-order valence-corrected chi connectivity index (χ2v) is 3.85. The van der Waals surface area contributed by atoms with Gasteiger partial charge >= 0.3 is 11.9 Å². The molecular formula is C12H34N2O16. The molecule has 2 rings (SSSR count). The molecule has 0 aromatic carbocycles. The molecule has 0 unspecified atom stereocenters. The number of aliphatic imine (C=N–C) groups is 1. The first kappa shape index (κ1) is 71.3. The van der Waals surface area contributed by atoms with Gasteiger partial charge in [0.2, 0.25) is 5.41 Å². The van der Waals surface area contributed by atoms with Gasteiger partial charge in [0.05, 0.1) is 11.4 Å². The summed E-state index contributed by atoms with van der Waals surface area (Å²) in [6, 6.07) is 5.24. The highest BCUT2D eigenvalue weighted by Crippen LogP contribution is 2.29. The zero-order chi connectivity index (χ0) is 13.2. The minimum Gasteiger partial charge on any atom is -0.480 e. The van der Waals surface area contributed by atoms with Gasteiger partial charge in [0.25, 0.3) is 0 Å². The Bertz CT molecular complexity index is 551. The van der Waals surface area contributed by atoms with Gasteiger partial charge < -0.3 is 75.9 Å². The molecule has 18 nitrogen and oxygen atoms in total. The Hall–Kier alpha value is -2.98. The standard InChI is InChI=1S/C12H10N2O4.12H2O/c15-10(16)12(11(17)18)5-4-9(14-7-12)8-3-1-2-6-13-8;;;;;;;;;;;;/h1-4,6-7H,5H2,(H,15,16)(H,17,18);12*1H2. The van der Waals surface area contributed by atoms with Gasteiger partial charge in [0, 0.05) is 12.4 Å². The van der Waals surface area contributed by atoms with Gasteiger partial charge in [-0.15, -0.1) is 0 Å². The molecule has 0 saturated carbocycles. The highest BCUT2D eigenvalue weighted by molar-refractivity contribution is 6.15. The number of rotatable bonds is 3. The summed E-state index contributed by atoms with van der Waals surface area (Å²) in [6.45, 7) is 0. The van der Waals surface area contributed by atoms with Crippen LogP contribution in [0.1, 0.15) is 12.1 Å². The molecule has 0 fully saturated rings. The molecule has 0 saturated heterocycles. The molecule has 0 bridgehead atoms. The third-order valence-electron chi connectivity index (χ3n) is 2.73. The van der Waals surface area contributed by atoms with Crippen LogP contribution in [0, 0.1) is 5.41 Å². The first-order valence-electron chi connectivity index (χ1n) is 5.20. The van der Waals surface area contributed by atoms with Crippen LogP contribution >= 0.6 is 0 Å². The van der Waals surface area contributed by atoms with Crippen molar-refractivity contribution in [1.82, 2.24) is 4.98 Å². The van der Waals surface area contributed by atoms with Gasteiger partial charge in [-0.05, 0) is 18.6 Å². The number of hydrogen-bond donors (Lipinski definition) is 2. The predicted molar refractivity (Wildman–Crippen MR) is 106 cm³/mol. The van der Waals surface area contributed by atoms with Crippen LogP contribution in [-0.4, -0.2) is 99.1 Å². The van der Waals surface area contributed by atoms with Gasteiger partial charge in [-0.3, -0.25) is 19.6 Å². The fourth-order valence-electron chi connectivity index (χ4n) is 1.60. The van der Waals surface area contributed by atoms with Crippen LogP contribution in [0.2, 0.25) is 0 Å². The van der Waals surface area contributed by atoms with Crippen molar-refractivity contribution in [2.45, 2.75) is 6.42 Å². The fourth-order valence-corrected chi connectivity index (χ4v) is 1.60. The maximum absolute atomic E-state index is 11.0. The van der Waals surface area contributed by atoms with E-state index in [2.05, 4.69) is 9.98 Å². The molecule has 0 radical (unpaired) electrons. The van der Waals surface area contributed by atoms with Crippen LogP contribution in [0.25, 0.3) is 5.70 Å². The Kier molecular flexibility index (Phi) is 67.1. The van der Waals surface area contributed by atoms with Crippen LogP contribution in [0.5, 0.6) is 0 Å². The maximum atomic E-state index is 11.0. The number of carbonyl (C=O) groups is 2. The molecule has 1 aliphatic rings. The lowest BCUT2D eigenvalue weighted by atomic mass is 9.84. The van der Waals surface area contributed by atoms with Crippen molar-refractivity contribution in [1.29, 1.82) is 0 Å². The lowest BCUT2D eigenvalue weighted by Gasteiger charge is -2.21. The smallest absolute Gasteiger partial charge is 0.326 e. The maximum Gasteiger partial charge on any atom is 0.326 e. The van der Waals surface area contributed by atoms with Gasteiger partial charge in [-0.1, -0.05) is 12.1 Å². The normalized spacial score (nSPS) is 10.2. The quantitative estimate of drug-likeness (QED) is 0.411. The number of allylic oxidation sites excluding steroid dienone is 1. The number of carboxylic acids is 2. The number of pyridine rings is 1. The van der Waals surface area contributed by atoms with Crippen molar-refractivity contribution in [2.24, 2.45) is 10.4 Å². The number of aliphatic carboxylic acids is 2. The number of carboxylic acid groups (broad SMARTS) is 2. The van der Waals surface area contributed by atoms with E-state index >= 15 is 0 Å². The van der Waals surface area contributed by atoms with Gasteiger partial charge in [-0.25, -0.2) is 0 Å². The van der Waals surface area contributed by atoms with Crippen molar-refractivity contribution in [2.75, 3.05) is 0 Å². The molecule has 1 aromatic rings. The molecule has 0 amide bonds. The Labute approximate surface area is 168 Å². The molecule has 2 heterocycles. The molecule has 1 aliphatic heterocycles. The third kappa shape index (κ3) is 13.2. The first-order chi connectivity index (χ1) is 8.56. The van der Waals surface area contributed by atoms with E-state index in [1.807, 2.05) is 0 Å². The minimum absolute atomic E-state index is 0. The number of nitrogens with zero attached hydrogens (tertiary/aromatic N) is 2. The Balaban J connectivity index is -0.0000000334. The van der Waals surface area contributed by atoms with E-state index in [4.69, 9.17) is 10.2 Å². The van der Waals surface area contributed by atoms with Crippen LogP contribution < -0.4 is 0 Å². The monoisotopic (exact) mass is 462 g/mol. The largest absolute Gasteiger partial charge is 0.480 e. The van der Waals surface area contributed by atoms with Crippen molar-refractivity contribution in [3.63, 3.8) is 0 Å². The zero-order valence-corrected chi connectivity index (χ0v) is 15.3. The average Bonchev–Trinajstić information content (AvgIpc) is 2.39. The van der Waals surface area contributed by atoms with E-state index < -0.39 is 17.4 Å². The Morgan fingerprint density at radius 2 is 1.20 bits per heavy atom. The summed E-state index contributed by atoms with van der Waals surface area (Å²) in [5.41, 5.74) is -0.912. The Morgan fingerprint density at radius 1 is 0.767 bits per heavy atom. The topological polar surface area (TPSA) is 478 Å². The molecule has 0 spiro atoms. The summed E-state index contributed by atoms with van der Waals surface area (Å²) in [5, 5.41) is 18.0. The number of hydrogen-bond acceptors (Lipinski definition) is 4. The summed E-state index contributed by atoms with van der Waals surface area (Å²) in [4.78, 5) is 30.1. The van der Waals surface area contributed by atoms with Gasteiger partial charge in [-0.2, -0.15) is 0 Å². The van der Waals surface area contributed by atoms with E-state index in [1.54, 1.807) is 24.4 Å². The van der Waals surface area contributed by atoms with E-state index in [0.29, 0.717) is 11.4 Å². The van der Waals surface area contributed by atoms with Gasteiger partial charge in [0.1, 0.15) is 0 Å². The molecule has 18 heteroatoms. The van der Waals surface area contributed by atoms with Crippen molar-refractivity contribution in [3.05, 3.63) is 36.2 Å². The summed E-state index contributed by atoms with van der Waals surface area (Å²) in [7, 11) is 0. The lowest BCUT2D eigenvalue weighted by Crippen LogP contribution is -2.41. The zero-order valence-electron chi connectivity index (χ0n) is 15.3. The van der Waals surface area contributed by atoms with Gasteiger partial charge in [0.15, 0.2) is 0 Å². The molecule has 0 aliphatic carbocycles. The summed E-state index contributed by atoms with van der Waals surface area (Å²) >= 11 is 0. The van der Waals surface area contributed by atoms with E-state index in [1.165, 1.54) is 6.08 Å². The lowest BCUT2D eigenvalue weighted by molar-refractivity contribution is -0.158. The highest BCUT2D eigenvalue weighted by atomic mass is 16.4. The summed E-state index contributed by atoms with van der Waals surface area (Å²) < 4.78 is 0. The van der Waals surface area contributed by atoms with Crippen LogP contribution in [0.3, 0.4) is 0 Å².